The molecule has 0 aromatic heterocycles. The molecule has 0 saturated heterocycles. The Morgan fingerprint density at radius 1 is 1.18 bits per heavy atom. The minimum atomic E-state index is -0.000917. The maximum absolute atomic E-state index is 13.4. The highest BCUT2D eigenvalue weighted by Crippen LogP contribution is 2.65. The monoisotopic (exact) mass is 466 g/mol. The number of carbonyl (C=O) groups is 2. The van der Waals surface area contributed by atoms with Gasteiger partial charge in [0.25, 0.3) is 0 Å². The molecule has 3 aliphatic carbocycles. The summed E-state index contributed by atoms with van der Waals surface area (Å²) < 4.78 is 0. The van der Waals surface area contributed by atoms with Crippen molar-refractivity contribution in [3.63, 3.8) is 0 Å². The summed E-state index contributed by atoms with van der Waals surface area (Å²) in [5.41, 5.74) is 0.723. The summed E-state index contributed by atoms with van der Waals surface area (Å²) in [7, 11) is 0. The van der Waals surface area contributed by atoms with Gasteiger partial charge in [0.05, 0.1) is 10.7 Å². The maximum Gasteiger partial charge on any atom is 0.246 e. The van der Waals surface area contributed by atoms with Gasteiger partial charge in [0.1, 0.15) is 0 Å². The number of nitrogens with one attached hydrogen (secondary N) is 1. The van der Waals surface area contributed by atoms with Crippen LogP contribution in [0, 0.1) is 34.5 Å². The number of anilines is 1. The number of nitrogens with zero attached hydrogens (tertiary/aromatic N) is 1. The molecule has 4 nitrogen and oxygen atoms in total. The van der Waals surface area contributed by atoms with Crippen LogP contribution in [0.4, 0.5) is 5.69 Å². The summed E-state index contributed by atoms with van der Waals surface area (Å²) >= 11 is 6.31. The van der Waals surface area contributed by atoms with Gasteiger partial charge in [0.2, 0.25) is 11.8 Å². The fourth-order valence-electron chi connectivity index (χ4n) is 8.17. The molecule has 1 aromatic rings. The van der Waals surface area contributed by atoms with Gasteiger partial charge < -0.3 is 10.2 Å². The van der Waals surface area contributed by atoms with E-state index in [1.165, 1.54) is 0 Å². The van der Waals surface area contributed by atoms with Crippen LogP contribution < -0.4 is 5.32 Å². The second-order valence-corrected chi connectivity index (χ2v) is 11.5. The van der Waals surface area contributed by atoms with Crippen molar-refractivity contribution in [1.82, 2.24) is 4.90 Å². The van der Waals surface area contributed by atoms with Crippen LogP contribution >= 0.6 is 11.6 Å². The van der Waals surface area contributed by atoms with E-state index in [-0.39, 0.29) is 34.6 Å². The van der Waals surface area contributed by atoms with Crippen molar-refractivity contribution >= 4 is 29.1 Å². The molecular formula is C28H35ClN2O2. The van der Waals surface area contributed by atoms with Crippen molar-refractivity contribution in [1.29, 1.82) is 0 Å². The SMILES string of the molecule is C=CCN1C(=O)C=C[C@@]2(C)C1CC[C@@H]1[C@H]2CC[C@]2(C)C(C(=O)Nc3ccccc3Cl)CC[C@@H]12. The van der Waals surface area contributed by atoms with Crippen LogP contribution in [-0.4, -0.2) is 29.3 Å². The molecule has 4 aliphatic rings. The van der Waals surface area contributed by atoms with Gasteiger partial charge in [0.15, 0.2) is 0 Å². The standard InChI is InChI=1S/C28H35ClN2O2/c1-4-17-31-24-12-9-18-19-10-11-21(26(33)30-23-8-6-5-7-22(23)29)27(19,2)15-13-20(18)28(24,3)16-14-25(31)32/h4-8,14,16,18-21,24H,1,9-13,15,17H2,2-3H3,(H,30,33)/t18-,19-,20+,21?,24?,27-,28+/m0/s1. The smallest absolute Gasteiger partial charge is 0.246 e. The summed E-state index contributed by atoms with van der Waals surface area (Å²) in [6.07, 6.45) is 12.3. The molecular weight excluding hydrogens is 432 g/mol. The van der Waals surface area contributed by atoms with Crippen molar-refractivity contribution < 1.29 is 9.59 Å². The molecule has 1 aliphatic heterocycles. The predicted octanol–water partition coefficient (Wildman–Crippen LogP) is 6.09. The quantitative estimate of drug-likeness (QED) is 0.546. The zero-order chi connectivity index (χ0) is 23.4. The van der Waals surface area contributed by atoms with E-state index in [4.69, 9.17) is 11.6 Å². The lowest BCUT2D eigenvalue weighted by molar-refractivity contribution is -0.142. The summed E-state index contributed by atoms with van der Waals surface area (Å²) in [6.45, 7) is 9.22. The third-order valence-corrected chi connectivity index (χ3v) is 10.1. The van der Waals surface area contributed by atoms with E-state index >= 15 is 0 Å². The number of halogens is 1. The third kappa shape index (κ3) is 3.48. The van der Waals surface area contributed by atoms with Gasteiger partial charge in [-0.15, -0.1) is 6.58 Å². The molecule has 0 spiro atoms. The van der Waals surface area contributed by atoms with Gasteiger partial charge in [-0.05, 0) is 79.9 Å². The second-order valence-electron chi connectivity index (χ2n) is 11.1. The minimum Gasteiger partial charge on any atom is -0.332 e. The fraction of sp³-hybridized carbons (Fsp3) is 0.571. The van der Waals surface area contributed by atoms with Crippen molar-refractivity contribution in [3.05, 3.63) is 54.1 Å². The number of hydrogen-bond donors (Lipinski definition) is 1. The van der Waals surface area contributed by atoms with Crippen LogP contribution in [-0.2, 0) is 9.59 Å². The number of carbonyl (C=O) groups excluding carboxylic acids is 2. The Labute approximate surface area is 202 Å². The Hall–Kier alpha value is -2.07. The molecule has 2 unspecified atom stereocenters. The Bertz CT molecular complexity index is 1010. The number of fused-ring (bicyclic) bond motifs is 5. The van der Waals surface area contributed by atoms with E-state index < -0.39 is 0 Å². The molecule has 176 valence electrons. The molecule has 5 rings (SSSR count). The molecule has 1 heterocycles. The van der Waals surface area contributed by atoms with Gasteiger partial charge >= 0.3 is 0 Å². The first-order valence-electron chi connectivity index (χ1n) is 12.5. The third-order valence-electron chi connectivity index (χ3n) is 9.75. The molecule has 0 bridgehead atoms. The molecule has 3 saturated carbocycles. The first-order valence-corrected chi connectivity index (χ1v) is 12.8. The number of hydrogen-bond acceptors (Lipinski definition) is 2. The van der Waals surface area contributed by atoms with Crippen molar-refractivity contribution in [2.75, 3.05) is 11.9 Å². The van der Waals surface area contributed by atoms with Crippen LogP contribution in [0.3, 0.4) is 0 Å². The molecule has 0 radical (unpaired) electrons. The van der Waals surface area contributed by atoms with Crippen LogP contribution in [0.25, 0.3) is 0 Å². The summed E-state index contributed by atoms with van der Waals surface area (Å²) in [5, 5.41) is 3.71. The topological polar surface area (TPSA) is 49.4 Å². The van der Waals surface area contributed by atoms with E-state index in [1.54, 1.807) is 6.08 Å². The molecule has 5 heteroatoms. The molecule has 33 heavy (non-hydrogen) atoms. The molecule has 1 aromatic carbocycles. The summed E-state index contributed by atoms with van der Waals surface area (Å²) in [5.74, 6) is 1.96. The number of para-hydroxylation sites is 1. The molecule has 7 atom stereocenters. The zero-order valence-corrected chi connectivity index (χ0v) is 20.5. The molecule has 1 N–H and O–H groups in total. The van der Waals surface area contributed by atoms with Crippen LogP contribution in [0.5, 0.6) is 0 Å². The first-order chi connectivity index (χ1) is 15.8. The molecule has 3 fully saturated rings. The number of rotatable bonds is 4. The van der Waals surface area contributed by atoms with Crippen molar-refractivity contribution in [2.45, 2.75) is 58.4 Å². The number of benzene rings is 1. The van der Waals surface area contributed by atoms with Gasteiger partial charge in [-0.2, -0.15) is 0 Å². The largest absolute Gasteiger partial charge is 0.332 e. The van der Waals surface area contributed by atoms with Gasteiger partial charge in [-0.3, -0.25) is 9.59 Å². The van der Waals surface area contributed by atoms with Crippen LogP contribution in [0.15, 0.2) is 49.1 Å². The van der Waals surface area contributed by atoms with Gasteiger partial charge in [-0.1, -0.05) is 49.7 Å². The van der Waals surface area contributed by atoms with Crippen LogP contribution in [0.1, 0.15) is 52.4 Å². The Kier molecular flexibility index (Phi) is 5.71. The normalized spacial score (nSPS) is 39.4. The predicted molar refractivity (Wildman–Crippen MR) is 133 cm³/mol. The zero-order valence-electron chi connectivity index (χ0n) is 19.7. The minimum absolute atomic E-state index is 0.000917. The lowest BCUT2D eigenvalue weighted by atomic mass is 9.47. The Balaban J connectivity index is 1.38. The van der Waals surface area contributed by atoms with Gasteiger partial charge in [-0.25, -0.2) is 0 Å². The van der Waals surface area contributed by atoms with Crippen LogP contribution in [0.2, 0.25) is 5.02 Å². The van der Waals surface area contributed by atoms with E-state index in [2.05, 4.69) is 31.8 Å². The average molecular weight is 467 g/mol. The average Bonchev–Trinajstić information content (AvgIpc) is 3.15. The Morgan fingerprint density at radius 3 is 2.73 bits per heavy atom. The maximum atomic E-state index is 13.4. The first kappa shape index (κ1) is 22.7. The van der Waals surface area contributed by atoms with E-state index in [0.29, 0.717) is 35.0 Å². The second kappa shape index (κ2) is 8.30. The lowest BCUT2D eigenvalue weighted by Gasteiger charge is -2.60. The Morgan fingerprint density at radius 2 is 1.97 bits per heavy atom. The van der Waals surface area contributed by atoms with E-state index in [1.807, 2.05) is 35.2 Å². The highest BCUT2D eigenvalue weighted by molar-refractivity contribution is 6.33. The molecule has 2 amide bonds. The highest BCUT2D eigenvalue weighted by Gasteiger charge is 2.61. The van der Waals surface area contributed by atoms with Crippen molar-refractivity contribution in [2.24, 2.45) is 34.5 Å². The highest BCUT2D eigenvalue weighted by atomic mass is 35.5. The van der Waals surface area contributed by atoms with Crippen molar-refractivity contribution in [3.8, 4) is 0 Å². The van der Waals surface area contributed by atoms with Gasteiger partial charge in [0, 0.05) is 23.9 Å². The summed E-state index contributed by atoms with van der Waals surface area (Å²) in [6, 6.07) is 7.73. The van der Waals surface area contributed by atoms with E-state index in [0.717, 1.165) is 38.5 Å². The summed E-state index contributed by atoms with van der Waals surface area (Å²) in [4.78, 5) is 28.0. The number of amides is 2. The lowest BCUT2D eigenvalue weighted by Crippen LogP contribution is -2.60. The fourth-order valence-corrected chi connectivity index (χ4v) is 8.35. The van der Waals surface area contributed by atoms with E-state index in [9.17, 15) is 9.59 Å².